The number of methoxy groups -OCH3 is 2. The van der Waals surface area contributed by atoms with Crippen LogP contribution in [0, 0.1) is 0 Å². The molecular formula is C28H36N2O3. The van der Waals surface area contributed by atoms with Crippen molar-refractivity contribution in [1.82, 2.24) is 9.80 Å². The second kappa shape index (κ2) is 9.70. The zero-order valence-corrected chi connectivity index (χ0v) is 20.1. The molecule has 1 saturated heterocycles. The first-order valence-corrected chi connectivity index (χ1v) is 11.8. The van der Waals surface area contributed by atoms with E-state index in [1.54, 1.807) is 7.11 Å². The van der Waals surface area contributed by atoms with E-state index in [1.165, 1.54) is 5.56 Å². The predicted molar refractivity (Wildman–Crippen MR) is 132 cm³/mol. The van der Waals surface area contributed by atoms with Crippen molar-refractivity contribution in [3.63, 3.8) is 0 Å². The van der Waals surface area contributed by atoms with Crippen molar-refractivity contribution in [2.45, 2.75) is 42.7 Å². The average Bonchev–Trinajstić information content (AvgIpc) is 2.88. The molecular weight excluding hydrogens is 412 g/mol. The van der Waals surface area contributed by atoms with E-state index in [2.05, 4.69) is 29.7 Å². The standard InChI is InChI=1S/C28H36N2O3/c1-5-17-30-18-16-27(23-12-9-13-25(19-23)32-3)20-24(14-15-28(27,21-30)33-4)29(2)26(31)22-10-7-6-8-11-22/h5-13,19,24H,1,14-18,20-21H2,2-4H3/t24-,27?,28?/m0/s1. The van der Waals surface area contributed by atoms with E-state index in [0.717, 1.165) is 56.6 Å². The Balaban J connectivity index is 1.72. The average molecular weight is 449 g/mol. The van der Waals surface area contributed by atoms with E-state index in [0.29, 0.717) is 0 Å². The van der Waals surface area contributed by atoms with Gasteiger partial charge >= 0.3 is 0 Å². The monoisotopic (exact) mass is 448 g/mol. The van der Waals surface area contributed by atoms with Gasteiger partial charge in [-0.1, -0.05) is 36.4 Å². The van der Waals surface area contributed by atoms with Crippen LogP contribution in [-0.4, -0.2) is 68.3 Å². The SMILES string of the molecule is C=CCN1CCC2(c3cccc(OC)c3)C[C@@H](N(C)C(=O)c3ccccc3)CCC2(OC)C1. The Bertz CT molecular complexity index is 978. The number of carbonyl (C=O) groups is 1. The predicted octanol–water partition coefficient (Wildman–Crippen LogP) is 4.53. The molecule has 2 aromatic rings. The maximum atomic E-state index is 13.3. The fourth-order valence-corrected chi connectivity index (χ4v) is 6.11. The van der Waals surface area contributed by atoms with E-state index in [4.69, 9.17) is 9.47 Å². The lowest BCUT2D eigenvalue weighted by Gasteiger charge is -2.60. The quantitative estimate of drug-likeness (QED) is 0.584. The summed E-state index contributed by atoms with van der Waals surface area (Å²) in [6.07, 6.45) is 5.61. The number of piperidine rings is 1. The molecule has 2 aromatic carbocycles. The van der Waals surface area contributed by atoms with E-state index in [9.17, 15) is 4.79 Å². The van der Waals surface area contributed by atoms with Gasteiger partial charge in [0.2, 0.25) is 0 Å². The summed E-state index contributed by atoms with van der Waals surface area (Å²) in [7, 11) is 5.51. The minimum atomic E-state index is -0.326. The summed E-state index contributed by atoms with van der Waals surface area (Å²) in [4.78, 5) is 17.7. The fraction of sp³-hybridized carbons (Fsp3) is 0.464. The molecule has 0 N–H and O–H groups in total. The second-order valence-corrected chi connectivity index (χ2v) is 9.46. The van der Waals surface area contributed by atoms with E-state index in [1.807, 2.05) is 61.5 Å². The van der Waals surface area contributed by atoms with Crippen LogP contribution in [0.15, 0.2) is 67.3 Å². The molecule has 33 heavy (non-hydrogen) atoms. The number of benzene rings is 2. The first kappa shape index (κ1) is 23.5. The van der Waals surface area contributed by atoms with Gasteiger partial charge in [-0.25, -0.2) is 0 Å². The molecule has 0 spiro atoms. The van der Waals surface area contributed by atoms with Gasteiger partial charge in [0.15, 0.2) is 0 Å². The van der Waals surface area contributed by atoms with Crippen molar-refractivity contribution in [1.29, 1.82) is 0 Å². The molecule has 5 heteroatoms. The summed E-state index contributed by atoms with van der Waals surface area (Å²) in [5, 5.41) is 0. The van der Waals surface area contributed by atoms with Crippen molar-refractivity contribution in [2.24, 2.45) is 0 Å². The van der Waals surface area contributed by atoms with Gasteiger partial charge in [-0.15, -0.1) is 6.58 Å². The molecule has 3 atom stereocenters. The maximum absolute atomic E-state index is 13.3. The van der Waals surface area contributed by atoms with E-state index < -0.39 is 0 Å². The van der Waals surface area contributed by atoms with Gasteiger partial charge in [0.05, 0.1) is 12.7 Å². The topological polar surface area (TPSA) is 42.0 Å². The van der Waals surface area contributed by atoms with Crippen LogP contribution in [0.3, 0.4) is 0 Å². The van der Waals surface area contributed by atoms with Gasteiger partial charge in [-0.3, -0.25) is 9.69 Å². The van der Waals surface area contributed by atoms with Crippen molar-refractivity contribution in [2.75, 3.05) is 40.9 Å². The molecule has 1 saturated carbocycles. The van der Waals surface area contributed by atoms with Crippen LogP contribution in [0.1, 0.15) is 41.6 Å². The number of amides is 1. The number of rotatable bonds is 7. The van der Waals surface area contributed by atoms with Gasteiger partial charge in [-0.05, 0) is 62.1 Å². The summed E-state index contributed by atoms with van der Waals surface area (Å²) < 4.78 is 12.0. The first-order chi connectivity index (χ1) is 16.0. The Morgan fingerprint density at radius 1 is 1.18 bits per heavy atom. The van der Waals surface area contributed by atoms with E-state index in [-0.39, 0.29) is 23.0 Å². The minimum Gasteiger partial charge on any atom is -0.497 e. The Morgan fingerprint density at radius 3 is 2.67 bits per heavy atom. The van der Waals surface area contributed by atoms with Gasteiger partial charge < -0.3 is 14.4 Å². The second-order valence-electron chi connectivity index (χ2n) is 9.46. The summed E-state index contributed by atoms with van der Waals surface area (Å²) >= 11 is 0. The number of nitrogens with zero attached hydrogens (tertiary/aromatic N) is 2. The highest BCUT2D eigenvalue weighted by atomic mass is 16.5. The molecule has 2 fully saturated rings. The van der Waals surface area contributed by atoms with Gasteiger partial charge in [0, 0.05) is 44.3 Å². The number of ether oxygens (including phenoxy) is 2. The Kier molecular flexibility index (Phi) is 6.91. The minimum absolute atomic E-state index is 0.0791. The Hall–Kier alpha value is -2.63. The third kappa shape index (κ3) is 4.20. The highest BCUT2D eigenvalue weighted by Gasteiger charge is 2.59. The lowest BCUT2D eigenvalue weighted by atomic mass is 9.55. The van der Waals surface area contributed by atoms with Gasteiger partial charge in [0.1, 0.15) is 5.75 Å². The van der Waals surface area contributed by atoms with Crippen LogP contribution in [0.2, 0.25) is 0 Å². The smallest absolute Gasteiger partial charge is 0.253 e. The number of likely N-dealkylation sites (tertiary alicyclic amines) is 1. The number of hydrogen-bond acceptors (Lipinski definition) is 4. The Morgan fingerprint density at radius 2 is 1.97 bits per heavy atom. The molecule has 4 rings (SSSR count). The largest absolute Gasteiger partial charge is 0.497 e. The van der Waals surface area contributed by atoms with Crippen LogP contribution in [0.4, 0.5) is 0 Å². The fourth-order valence-electron chi connectivity index (χ4n) is 6.11. The molecule has 1 amide bonds. The number of fused-ring (bicyclic) bond motifs is 1. The van der Waals surface area contributed by atoms with Crippen LogP contribution >= 0.6 is 0 Å². The molecule has 2 unspecified atom stereocenters. The van der Waals surface area contributed by atoms with Crippen LogP contribution in [0.5, 0.6) is 5.75 Å². The Labute approximate surface area is 198 Å². The van der Waals surface area contributed by atoms with E-state index >= 15 is 0 Å². The summed E-state index contributed by atoms with van der Waals surface area (Å²) in [6.45, 7) is 6.63. The number of hydrogen-bond donors (Lipinski definition) is 0. The lowest BCUT2D eigenvalue weighted by molar-refractivity contribution is -0.151. The lowest BCUT2D eigenvalue weighted by Crippen LogP contribution is -2.68. The number of carbonyl (C=O) groups excluding carboxylic acids is 1. The normalized spacial score (nSPS) is 27.4. The maximum Gasteiger partial charge on any atom is 0.253 e. The summed E-state index contributed by atoms with van der Waals surface area (Å²) in [5.74, 6) is 0.937. The first-order valence-electron chi connectivity index (χ1n) is 11.8. The van der Waals surface area contributed by atoms with Gasteiger partial charge in [-0.2, -0.15) is 0 Å². The molecule has 176 valence electrons. The van der Waals surface area contributed by atoms with Crippen molar-refractivity contribution < 1.29 is 14.3 Å². The van der Waals surface area contributed by atoms with Crippen molar-refractivity contribution >= 4 is 5.91 Å². The molecule has 1 aliphatic carbocycles. The van der Waals surface area contributed by atoms with Gasteiger partial charge in [0.25, 0.3) is 5.91 Å². The van der Waals surface area contributed by atoms with Crippen LogP contribution in [0.25, 0.3) is 0 Å². The van der Waals surface area contributed by atoms with Crippen molar-refractivity contribution in [3.8, 4) is 5.75 Å². The molecule has 2 aliphatic rings. The summed E-state index contributed by atoms with van der Waals surface area (Å²) in [6, 6.07) is 18.2. The third-order valence-electron chi connectivity index (χ3n) is 7.96. The zero-order chi connectivity index (χ0) is 23.5. The third-order valence-corrected chi connectivity index (χ3v) is 7.96. The molecule has 1 heterocycles. The molecule has 1 aliphatic heterocycles. The van der Waals surface area contributed by atoms with Crippen LogP contribution in [-0.2, 0) is 10.2 Å². The molecule has 5 nitrogen and oxygen atoms in total. The summed E-state index contributed by atoms with van der Waals surface area (Å²) in [5.41, 5.74) is 1.45. The zero-order valence-electron chi connectivity index (χ0n) is 20.1. The highest BCUT2D eigenvalue weighted by molar-refractivity contribution is 5.94. The highest BCUT2D eigenvalue weighted by Crippen LogP contribution is 2.54. The molecule has 0 radical (unpaired) electrons. The van der Waals surface area contributed by atoms with Crippen LogP contribution < -0.4 is 4.74 Å². The van der Waals surface area contributed by atoms with Crippen molar-refractivity contribution in [3.05, 3.63) is 78.4 Å². The molecule has 0 bridgehead atoms. The molecule has 0 aromatic heterocycles.